The molecule has 0 N–H and O–H groups in total. The van der Waals surface area contributed by atoms with Crippen molar-refractivity contribution in [3.8, 4) is 0 Å². The molecule has 1 atom stereocenters. The summed E-state index contributed by atoms with van der Waals surface area (Å²) in [5, 5.41) is 3.87. The Balaban J connectivity index is 2.86. The number of hydrogen-bond donors (Lipinski definition) is 0. The molecule has 126 valence electrons. The van der Waals surface area contributed by atoms with Crippen molar-refractivity contribution in [1.82, 2.24) is 4.98 Å². The van der Waals surface area contributed by atoms with Crippen LogP contribution in [0.5, 0.6) is 0 Å². The largest absolute Gasteiger partial charge is 0.410 e. The standard InChI is InChI=1S/C16H27ClINOSSi/c1-12-19-13(10-21-12)9-14(17)15(7-8-18)20-22(5,6)11-16(2,3)4/h9-10,15H,7-8,11H2,1-6H3/b14-9-/t15-/m0/s1. The fraction of sp³-hybridized carbons (Fsp3) is 0.688. The molecule has 0 saturated heterocycles. The quantitative estimate of drug-likeness (QED) is 0.257. The van der Waals surface area contributed by atoms with E-state index in [1.807, 2.05) is 18.4 Å². The average molecular weight is 472 g/mol. The zero-order valence-electron chi connectivity index (χ0n) is 14.4. The molecule has 1 aromatic heterocycles. The van der Waals surface area contributed by atoms with Gasteiger partial charge in [0.15, 0.2) is 8.32 Å². The molecule has 2 nitrogen and oxygen atoms in total. The molecule has 0 bridgehead atoms. The summed E-state index contributed by atoms with van der Waals surface area (Å²) in [5.41, 5.74) is 1.22. The van der Waals surface area contributed by atoms with Gasteiger partial charge in [0.05, 0.1) is 16.8 Å². The van der Waals surface area contributed by atoms with Gasteiger partial charge >= 0.3 is 0 Å². The highest BCUT2D eigenvalue weighted by Crippen LogP contribution is 2.32. The van der Waals surface area contributed by atoms with Crippen LogP contribution in [0.25, 0.3) is 6.08 Å². The van der Waals surface area contributed by atoms with Gasteiger partial charge in [0.2, 0.25) is 0 Å². The van der Waals surface area contributed by atoms with Gasteiger partial charge in [-0.25, -0.2) is 4.98 Å². The highest BCUT2D eigenvalue weighted by Gasteiger charge is 2.32. The minimum absolute atomic E-state index is 0.00964. The molecule has 1 rings (SSSR count). The average Bonchev–Trinajstić information content (AvgIpc) is 2.70. The Bertz CT molecular complexity index is 510. The van der Waals surface area contributed by atoms with E-state index in [9.17, 15) is 0 Å². The van der Waals surface area contributed by atoms with Gasteiger partial charge in [-0.3, -0.25) is 0 Å². The number of alkyl halides is 1. The third-order valence-electron chi connectivity index (χ3n) is 3.02. The Morgan fingerprint density at radius 1 is 1.50 bits per heavy atom. The van der Waals surface area contributed by atoms with E-state index in [1.165, 1.54) is 0 Å². The van der Waals surface area contributed by atoms with E-state index in [1.54, 1.807) is 11.3 Å². The number of aryl methyl sites for hydroxylation is 1. The monoisotopic (exact) mass is 471 g/mol. The smallest absolute Gasteiger partial charge is 0.188 e. The van der Waals surface area contributed by atoms with Crippen molar-refractivity contribution in [2.75, 3.05) is 4.43 Å². The van der Waals surface area contributed by atoms with Crippen LogP contribution in [0, 0.1) is 12.3 Å². The third kappa shape index (κ3) is 7.90. The first-order chi connectivity index (χ1) is 10.0. The first kappa shape index (κ1) is 20.6. The number of thiazole rings is 1. The van der Waals surface area contributed by atoms with Gasteiger partial charge in [0, 0.05) is 14.8 Å². The van der Waals surface area contributed by atoms with E-state index in [4.69, 9.17) is 16.0 Å². The van der Waals surface area contributed by atoms with Crippen LogP contribution >= 0.6 is 45.5 Å². The Labute approximate surface area is 159 Å². The van der Waals surface area contributed by atoms with E-state index < -0.39 is 8.32 Å². The van der Waals surface area contributed by atoms with Gasteiger partial charge in [-0.2, -0.15) is 0 Å². The van der Waals surface area contributed by atoms with Crippen LogP contribution in [0.3, 0.4) is 0 Å². The van der Waals surface area contributed by atoms with Crippen LogP contribution in [0.2, 0.25) is 19.1 Å². The second-order valence-corrected chi connectivity index (χ2v) is 14.1. The normalized spacial score (nSPS) is 15.2. The third-order valence-corrected chi connectivity index (χ3v) is 7.62. The molecule has 1 heterocycles. The Kier molecular flexibility index (Phi) is 8.06. The number of aromatic nitrogens is 1. The molecule has 0 aliphatic heterocycles. The second-order valence-electron chi connectivity index (χ2n) is 7.40. The van der Waals surface area contributed by atoms with E-state index in [0.717, 1.165) is 32.6 Å². The molecule has 1 aromatic rings. The lowest BCUT2D eigenvalue weighted by molar-refractivity contribution is 0.224. The van der Waals surface area contributed by atoms with Gasteiger partial charge in [0.25, 0.3) is 0 Å². The molecule has 0 unspecified atom stereocenters. The van der Waals surface area contributed by atoms with Crippen LogP contribution in [0.4, 0.5) is 0 Å². The zero-order valence-corrected chi connectivity index (χ0v) is 19.1. The predicted molar refractivity (Wildman–Crippen MR) is 111 cm³/mol. The van der Waals surface area contributed by atoms with Crippen molar-refractivity contribution in [3.63, 3.8) is 0 Å². The van der Waals surface area contributed by atoms with Crippen molar-refractivity contribution in [3.05, 3.63) is 21.1 Å². The maximum absolute atomic E-state index is 6.57. The molecule has 0 amide bonds. The van der Waals surface area contributed by atoms with Crippen molar-refractivity contribution < 1.29 is 4.43 Å². The summed E-state index contributed by atoms with van der Waals surface area (Å²) in [4.78, 5) is 4.46. The number of rotatable bonds is 7. The summed E-state index contributed by atoms with van der Waals surface area (Å²) < 4.78 is 7.54. The first-order valence-corrected chi connectivity index (χ1v) is 13.5. The lowest BCUT2D eigenvalue weighted by atomic mass is 10.0. The summed E-state index contributed by atoms with van der Waals surface area (Å²) in [7, 11) is -1.76. The lowest BCUT2D eigenvalue weighted by Crippen LogP contribution is -2.39. The summed E-state index contributed by atoms with van der Waals surface area (Å²) in [6.45, 7) is 13.4. The van der Waals surface area contributed by atoms with E-state index in [-0.39, 0.29) is 11.5 Å². The second kappa shape index (κ2) is 8.60. The molecule has 0 saturated carbocycles. The Morgan fingerprint density at radius 3 is 2.59 bits per heavy atom. The van der Waals surface area contributed by atoms with Crippen LogP contribution in [0.15, 0.2) is 10.4 Å². The van der Waals surface area contributed by atoms with E-state index >= 15 is 0 Å². The predicted octanol–water partition coefficient (Wildman–Crippen LogP) is 6.49. The number of hydrogen-bond acceptors (Lipinski definition) is 3. The van der Waals surface area contributed by atoms with Crippen LogP contribution in [-0.2, 0) is 4.43 Å². The molecule has 0 aliphatic rings. The SMILES string of the molecule is Cc1nc(/C=C(\Cl)[C@H](CCI)O[Si](C)(C)CC(C)(C)C)cs1. The Morgan fingerprint density at radius 2 is 2.14 bits per heavy atom. The van der Waals surface area contributed by atoms with Gasteiger partial charge in [-0.1, -0.05) is 55.0 Å². The Hall–Kier alpha value is 0.567. The molecule has 0 spiro atoms. The maximum atomic E-state index is 6.57. The molecular weight excluding hydrogens is 445 g/mol. The van der Waals surface area contributed by atoms with Gasteiger partial charge < -0.3 is 4.43 Å². The minimum Gasteiger partial charge on any atom is -0.410 e. The molecular formula is C16H27ClINOSSi. The molecule has 0 aliphatic carbocycles. The molecule has 0 radical (unpaired) electrons. The zero-order chi connectivity index (χ0) is 17.0. The van der Waals surface area contributed by atoms with E-state index in [2.05, 4.69) is 61.4 Å². The van der Waals surface area contributed by atoms with Crippen LogP contribution in [0.1, 0.15) is 37.9 Å². The summed E-state index contributed by atoms with van der Waals surface area (Å²) in [6, 6.07) is 1.12. The van der Waals surface area contributed by atoms with Gasteiger partial charge in [-0.15, -0.1) is 11.3 Å². The fourth-order valence-electron chi connectivity index (χ4n) is 2.74. The number of nitrogens with zero attached hydrogens (tertiary/aromatic N) is 1. The molecule has 6 heteroatoms. The topological polar surface area (TPSA) is 22.1 Å². The summed E-state index contributed by atoms with van der Waals surface area (Å²) in [5.74, 6) is 0. The van der Waals surface area contributed by atoms with E-state index in [0.29, 0.717) is 0 Å². The van der Waals surface area contributed by atoms with Gasteiger partial charge in [-0.05, 0) is 44.0 Å². The lowest BCUT2D eigenvalue weighted by Gasteiger charge is -2.34. The maximum Gasteiger partial charge on any atom is 0.188 e. The van der Waals surface area contributed by atoms with Crippen molar-refractivity contribution >= 4 is 59.9 Å². The van der Waals surface area contributed by atoms with Crippen molar-refractivity contribution in [1.29, 1.82) is 0 Å². The molecule has 0 aromatic carbocycles. The molecule has 22 heavy (non-hydrogen) atoms. The van der Waals surface area contributed by atoms with Crippen molar-refractivity contribution in [2.45, 2.75) is 59.4 Å². The fourth-order valence-corrected chi connectivity index (χ4v) is 7.87. The summed E-state index contributed by atoms with van der Waals surface area (Å²) in [6.07, 6.45) is 2.90. The van der Waals surface area contributed by atoms with Crippen LogP contribution < -0.4 is 0 Å². The first-order valence-electron chi connectivity index (χ1n) is 7.55. The highest BCUT2D eigenvalue weighted by atomic mass is 127. The van der Waals surface area contributed by atoms with Gasteiger partial charge in [0.1, 0.15) is 0 Å². The van der Waals surface area contributed by atoms with Crippen molar-refractivity contribution in [2.24, 2.45) is 5.41 Å². The minimum atomic E-state index is -1.76. The van der Waals surface area contributed by atoms with Crippen LogP contribution in [-0.4, -0.2) is 23.8 Å². The molecule has 0 fully saturated rings. The number of halogens is 2. The summed E-state index contributed by atoms with van der Waals surface area (Å²) >= 11 is 10.6. The highest BCUT2D eigenvalue weighted by molar-refractivity contribution is 14.1.